The summed E-state index contributed by atoms with van der Waals surface area (Å²) in [6.07, 6.45) is -3.42. The lowest BCUT2D eigenvalue weighted by Crippen LogP contribution is -2.19. The predicted molar refractivity (Wildman–Crippen MR) is 56.3 cm³/mol. The number of hydrogen-bond donors (Lipinski definition) is 0. The molecule has 0 amide bonds. The molecule has 14 heavy (non-hydrogen) atoms. The molecule has 0 aliphatic carbocycles. The summed E-state index contributed by atoms with van der Waals surface area (Å²) in [4.78, 5) is 3.50. The van der Waals surface area contributed by atoms with Crippen molar-refractivity contribution in [1.82, 2.24) is 4.98 Å². The molecule has 0 aliphatic heterocycles. The normalized spacial score (nSPS) is 11.5. The molecular formula is C7H4BrF3INO. The molecule has 0 spiro atoms. The highest BCUT2D eigenvalue weighted by Crippen LogP contribution is 2.28. The molecule has 0 bridgehead atoms. The summed E-state index contributed by atoms with van der Waals surface area (Å²) in [6, 6.07) is 1.62. The fourth-order valence-corrected chi connectivity index (χ4v) is 2.36. The SMILES string of the molecule is FC(F)(F)Oc1nccc(CBr)c1I. The maximum absolute atomic E-state index is 11.9. The number of hydrogen-bond acceptors (Lipinski definition) is 2. The second kappa shape index (κ2) is 4.65. The van der Waals surface area contributed by atoms with Crippen molar-refractivity contribution in [2.24, 2.45) is 0 Å². The summed E-state index contributed by atoms with van der Waals surface area (Å²) >= 11 is 4.92. The summed E-state index contributed by atoms with van der Waals surface area (Å²) < 4.78 is 39.7. The molecule has 0 atom stereocenters. The van der Waals surface area contributed by atoms with Crippen LogP contribution in [0.25, 0.3) is 0 Å². The van der Waals surface area contributed by atoms with Gasteiger partial charge in [0.15, 0.2) is 0 Å². The van der Waals surface area contributed by atoms with Crippen LogP contribution in [-0.2, 0) is 5.33 Å². The van der Waals surface area contributed by atoms with Crippen molar-refractivity contribution in [3.8, 4) is 5.88 Å². The van der Waals surface area contributed by atoms with Crippen LogP contribution in [0, 0.1) is 3.57 Å². The Morgan fingerprint density at radius 2 is 2.14 bits per heavy atom. The van der Waals surface area contributed by atoms with Gasteiger partial charge in [-0.2, -0.15) is 0 Å². The molecule has 1 rings (SSSR count). The van der Waals surface area contributed by atoms with Gasteiger partial charge in [0.05, 0.1) is 3.57 Å². The first-order valence-corrected chi connectivity index (χ1v) is 5.59. The van der Waals surface area contributed by atoms with Gasteiger partial charge in [-0.05, 0) is 34.2 Å². The summed E-state index contributed by atoms with van der Waals surface area (Å²) in [7, 11) is 0. The van der Waals surface area contributed by atoms with Crippen LogP contribution in [-0.4, -0.2) is 11.3 Å². The number of alkyl halides is 4. The first-order chi connectivity index (χ1) is 6.44. The Bertz CT molecular complexity index is 331. The van der Waals surface area contributed by atoms with E-state index in [2.05, 4.69) is 25.7 Å². The Balaban J connectivity index is 2.98. The van der Waals surface area contributed by atoms with Crippen LogP contribution in [0.3, 0.4) is 0 Å². The second-order valence-corrected chi connectivity index (χ2v) is 3.91. The molecule has 2 nitrogen and oxygen atoms in total. The standard InChI is InChI=1S/C7H4BrF3INO/c8-3-4-1-2-13-6(5(4)12)14-7(9,10)11/h1-2H,3H2. The van der Waals surface area contributed by atoms with Gasteiger partial charge in [0.1, 0.15) is 0 Å². The van der Waals surface area contributed by atoms with E-state index in [4.69, 9.17) is 0 Å². The minimum Gasteiger partial charge on any atom is -0.387 e. The van der Waals surface area contributed by atoms with Crippen LogP contribution in [0.15, 0.2) is 12.3 Å². The van der Waals surface area contributed by atoms with Crippen molar-refractivity contribution >= 4 is 38.5 Å². The Hall–Kier alpha value is -0.0500. The molecule has 0 saturated heterocycles. The first kappa shape index (κ1) is 12.0. The van der Waals surface area contributed by atoms with Crippen LogP contribution in [0.2, 0.25) is 0 Å². The minimum absolute atomic E-state index is 0.360. The van der Waals surface area contributed by atoms with Crippen LogP contribution < -0.4 is 4.74 Å². The van der Waals surface area contributed by atoms with E-state index in [-0.39, 0.29) is 0 Å². The van der Waals surface area contributed by atoms with Gasteiger partial charge in [-0.1, -0.05) is 15.9 Å². The summed E-state index contributed by atoms with van der Waals surface area (Å²) in [5.74, 6) is -0.407. The van der Waals surface area contributed by atoms with E-state index in [1.807, 2.05) is 0 Å². The van der Waals surface area contributed by atoms with Crippen molar-refractivity contribution < 1.29 is 17.9 Å². The van der Waals surface area contributed by atoms with Crippen LogP contribution in [0.5, 0.6) is 5.88 Å². The van der Waals surface area contributed by atoms with E-state index in [1.165, 1.54) is 6.20 Å². The maximum Gasteiger partial charge on any atom is 0.574 e. The third-order valence-corrected chi connectivity index (χ3v) is 3.05. The van der Waals surface area contributed by atoms with Gasteiger partial charge < -0.3 is 4.74 Å². The summed E-state index contributed by atoms with van der Waals surface area (Å²) in [6.45, 7) is 0. The fourth-order valence-electron chi connectivity index (χ4n) is 0.746. The van der Waals surface area contributed by atoms with Gasteiger partial charge in [0.2, 0.25) is 5.88 Å². The molecule has 1 heterocycles. The molecule has 7 heteroatoms. The topological polar surface area (TPSA) is 22.1 Å². The lowest BCUT2D eigenvalue weighted by molar-refractivity contribution is -0.276. The maximum atomic E-state index is 11.9. The molecule has 0 aromatic carbocycles. The highest BCUT2D eigenvalue weighted by molar-refractivity contribution is 14.1. The van der Waals surface area contributed by atoms with Crippen LogP contribution >= 0.6 is 38.5 Å². The van der Waals surface area contributed by atoms with E-state index < -0.39 is 12.2 Å². The van der Waals surface area contributed by atoms with Crippen molar-refractivity contribution in [3.05, 3.63) is 21.4 Å². The zero-order chi connectivity index (χ0) is 10.8. The van der Waals surface area contributed by atoms with Gasteiger partial charge in [0, 0.05) is 11.5 Å². The van der Waals surface area contributed by atoms with Crippen molar-refractivity contribution in [3.63, 3.8) is 0 Å². The zero-order valence-corrected chi connectivity index (χ0v) is 10.4. The molecule has 0 aliphatic rings. The lowest BCUT2D eigenvalue weighted by Gasteiger charge is -2.10. The number of ether oxygens (including phenoxy) is 1. The predicted octanol–water partition coefficient (Wildman–Crippen LogP) is 3.48. The minimum atomic E-state index is -4.70. The van der Waals surface area contributed by atoms with E-state index in [0.29, 0.717) is 14.5 Å². The zero-order valence-electron chi connectivity index (χ0n) is 6.61. The van der Waals surface area contributed by atoms with Crippen molar-refractivity contribution in [2.45, 2.75) is 11.7 Å². The van der Waals surface area contributed by atoms with Gasteiger partial charge in [-0.25, -0.2) is 4.98 Å². The van der Waals surface area contributed by atoms with Crippen LogP contribution in [0.1, 0.15) is 5.56 Å². The van der Waals surface area contributed by atoms with Crippen molar-refractivity contribution in [2.75, 3.05) is 0 Å². The number of nitrogens with zero attached hydrogens (tertiary/aromatic N) is 1. The van der Waals surface area contributed by atoms with Gasteiger partial charge in [0.25, 0.3) is 0 Å². The second-order valence-electron chi connectivity index (χ2n) is 2.27. The van der Waals surface area contributed by atoms with Crippen molar-refractivity contribution in [1.29, 1.82) is 0 Å². The van der Waals surface area contributed by atoms with E-state index in [9.17, 15) is 13.2 Å². The van der Waals surface area contributed by atoms with Gasteiger partial charge >= 0.3 is 6.36 Å². The average molecular weight is 382 g/mol. The number of halogens is 5. The summed E-state index contributed by atoms with van der Waals surface area (Å²) in [5, 5.41) is 0.460. The molecule has 0 N–H and O–H groups in total. The number of pyridine rings is 1. The molecular weight excluding hydrogens is 378 g/mol. The highest BCUT2D eigenvalue weighted by atomic mass is 127. The molecule has 0 unspecified atom stereocenters. The molecule has 78 valence electrons. The molecule has 1 aromatic rings. The van der Waals surface area contributed by atoms with E-state index >= 15 is 0 Å². The quantitative estimate of drug-likeness (QED) is 0.578. The lowest BCUT2D eigenvalue weighted by atomic mass is 10.3. The van der Waals surface area contributed by atoms with Crippen LogP contribution in [0.4, 0.5) is 13.2 Å². The smallest absolute Gasteiger partial charge is 0.387 e. The Labute approximate surface area is 100 Å². The van der Waals surface area contributed by atoms with Gasteiger partial charge in [-0.15, -0.1) is 13.2 Å². The third kappa shape index (κ3) is 3.26. The first-order valence-electron chi connectivity index (χ1n) is 3.39. The largest absolute Gasteiger partial charge is 0.574 e. The number of rotatable bonds is 2. The summed E-state index contributed by atoms with van der Waals surface area (Å²) in [5.41, 5.74) is 0.708. The van der Waals surface area contributed by atoms with Gasteiger partial charge in [-0.3, -0.25) is 0 Å². The Morgan fingerprint density at radius 1 is 1.50 bits per heavy atom. The highest BCUT2D eigenvalue weighted by Gasteiger charge is 2.32. The molecule has 0 radical (unpaired) electrons. The Kier molecular flexibility index (Phi) is 3.99. The van der Waals surface area contributed by atoms with E-state index in [1.54, 1.807) is 28.7 Å². The van der Waals surface area contributed by atoms with E-state index in [0.717, 1.165) is 0 Å². The fraction of sp³-hybridized carbons (Fsp3) is 0.286. The average Bonchev–Trinajstić information content (AvgIpc) is 2.06. The third-order valence-electron chi connectivity index (χ3n) is 1.29. The monoisotopic (exact) mass is 381 g/mol. The molecule has 0 saturated carbocycles. The molecule has 0 fully saturated rings. The number of aromatic nitrogens is 1. The molecule has 1 aromatic heterocycles. The Morgan fingerprint density at radius 3 is 2.64 bits per heavy atom.